The Kier molecular flexibility index (Phi) is 4.41. The number of carbonyl (C=O) groups is 3. The highest BCUT2D eigenvalue weighted by Crippen LogP contribution is 2.28. The fourth-order valence-corrected chi connectivity index (χ4v) is 2.25. The van der Waals surface area contributed by atoms with E-state index in [1.54, 1.807) is 24.3 Å². The van der Waals surface area contributed by atoms with Gasteiger partial charge in [-0.1, -0.05) is 24.3 Å². The van der Waals surface area contributed by atoms with Gasteiger partial charge in [-0.05, 0) is 16.8 Å². The predicted molar refractivity (Wildman–Crippen MR) is 78.0 cm³/mol. The van der Waals surface area contributed by atoms with Gasteiger partial charge >= 0.3 is 17.9 Å². The molecule has 0 saturated heterocycles. The van der Waals surface area contributed by atoms with Crippen LogP contribution in [0.25, 0.3) is 10.8 Å². The minimum atomic E-state index is -0.813. The summed E-state index contributed by atoms with van der Waals surface area (Å²) < 4.78 is 14.1. The summed E-state index contributed by atoms with van der Waals surface area (Å²) in [5.74, 6) is -2.29. The minimum Gasteiger partial charge on any atom is -0.465 e. The van der Waals surface area contributed by atoms with Gasteiger partial charge in [-0.3, -0.25) is 0 Å². The Morgan fingerprint density at radius 2 is 1.32 bits per heavy atom. The second-order valence-corrected chi connectivity index (χ2v) is 4.37. The third kappa shape index (κ3) is 2.50. The quantitative estimate of drug-likeness (QED) is 0.639. The lowest BCUT2D eigenvalue weighted by atomic mass is 9.94. The molecule has 0 aliphatic carbocycles. The Hall–Kier alpha value is -2.89. The van der Waals surface area contributed by atoms with Crippen molar-refractivity contribution in [2.75, 3.05) is 21.3 Å². The molecular formula is C16H14O6. The minimum absolute atomic E-state index is 0.0205. The van der Waals surface area contributed by atoms with Crippen molar-refractivity contribution < 1.29 is 28.6 Å². The fraction of sp³-hybridized carbons (Fsp3) is 0.188. The highest BCUT2D eigenvalue weighted by atomic mass is 16.5. The zero-order valence-corrected chi connectivity index (χ0v) is 12.3. The van der Waals surface area contributed by atoms with Crippen molar-refractivity contribution >= 4 is 28.7 Å². The van der Waals surface area contributed by atoms with Gasteiger partial charge in [-0.25, -0.2) is 14.4 Å². The van der Waals surface area contributed by atoms with Crippen LogP contribution in [0.1, 0.15) is 31.1 Å². The Labute approximate surface area is 126 Å². The highest BCUT2D eigenvalue weighted by molar-refractivity contribution is 6.17. The molecule has 0 amide bonds. The second-order valence-electron chi connectivity index (χ2n) is 4.37. The molecule has 0 aromatic heterocycles. The average Bonchev–Trinajstić information content (AvgIpc) is 2.57. The Bertz CT molecular complexity index is 763. The van der Waals surface area contributed by atoms with E-state index in [2.05, 4.69) is 0 Å². The van der Waals surface area contributed by atoms with Gasteiger partial charge in [0.2, 0.25) is 0 Å². The lowest BCUT2D eigenvalue weighted by Gasteiger charge is -2.14. The Balaban J connectivity index is 2.97. The molecule has 2 aromatic carbocycles. The first-order valence-corrected chi connectivity index (χ1v) is 6.35. The van der Waals surface area contributed by atoms with E-state index >= 15 is 0 Å². The third-order valence-electron chi connectivity index (χ3n) is 3.23. The summed E-state index contributed by atoms with van der Waals surface area (Å²) in [6.45, 7) is 0. The van der Waals surface area contributed by atoms with Crippen molar-refractivity contribution in [3.05, 3.63) is 47.0 Å². The molecule has 0 aliphatic heterocycles. The molecule has 0 radical (unpaired) electrons. The number of methoxy groups -OCH3 is 3. The van der Waals surface area contributed by atoms with E-state index in [0.29, 0.717) is 10.8 Å². The topological polar surface area (TPSA) is 78.9 Å². The van der Waals surface area contributed by atoms with Gasteiger partial charge in [-0.15, -0.1) is 0 Å². The van der Waals surface area contributed by atoms with Crippen LogP contribution in [0.15, 0.2) is 30.3 Å². The lowest BCUT2D eigenvalue weighted by molar-refractivity contribution is 0.0537. The summed E-state index contributed by atoms with van der Waals surface area (Å²) >= 11 is 0. The molecule has 0 N–H and O–H groups in total. The van der Waals surface area contributed by atoms with Crippen molar-refractivity contribution in [2.45, 2.75) is 0 Å². The maximum Gasteiger partial charge on any atom is 0.339 e. The van der Waals surface area contributed by atoms with Crippen LogP contribution in [-0.2, 0) is 14.2 Å². The predicted octanol–water partition coefficient (Wildman–Crippen LogP) is 2.20. The molecule has 0 spiro atoms. The number of hydrogen-bond donors (Lipinski definition) is 0. The van der Waals surface area contributed by atoms with Gasteiger partial charge in [0, 0.05) is 0 Å². The smallest absolute Gasteiger partial charge is 0.339 e. The number of rotatable bonds is 3. The number of hydrogen-bond acceptors (Lipinski definition) is 6. The highest BCUT2D eigenvalue weighted by Gasteiger charge is 2.28. The first-order valence-electron chi connectivity index (χ1n) is 6.35. The summed E-state index contributed by atoms with van der Waals surface area (Å²) in [5.41, 5.74) is -0.235. The van der Waals surface area contributed by atoms with Crippen LogP contribution >= 0.6 is 0 Å². The van der Waals surface area contributed by atoms with E-state index in [-0.39, 0.29) is 16.7 Å². The van der Waals surface area contributed by atoms with Crippen molar-refractivity contribution in [1.29, 1.82) is 0 Å². The van der Waals surface area contributed by atoms with Gasteiger partial charge < -0.3 is 14.2 Å². The number of esters is 3. The number of ether oxygens (including phenoxy) is 3. The lowest BCUT2D eigenvalue weighted by Crippen LogP contribution is -2.18. The normalized spacial score (nSPS) is 10.1. The van der Waals surface area contributed by atoms with Gasteiger partial charge in [-0.2, -0.15) is 0 Å². The summed E-state index contributed by atoms with van der Waals surface area (Å²) in [6, 6.07) is 8.33. The van der Waals surface area contributed by atoms with Crippen LogP contribution in [0.5, 0.6) is 0 Å². The fourth-order valence-electron chi connectivity index (χ4n) is 2.25. The molecule has 6 heteroatoms. The number of benzene rings is 2. The third-order valence-corrected chi connectivity index (χ3v) is 3.23. The molecule has 0 heterocycles. The van der Waals surface area contributed by atoms with E-state index in [0.717, 1.165) is 0 Å². The molecule has 114 valence electrons. The van der Waals surface area contributed by atoms with Crippen LogP contribution in [0.2, 0.25) is 0 Å². The van der Waals surface area contributed by atoms with Gasteiger partial charge in [0.05, 0.1) is 38.0 Å². The zero-order valence-electron chi connectivity index (χ0n) is 12.3. The molecule has 22 heavy (non-hydrogen) atoms. The largest absolute Gasteiger partial charge is 0.465 e. The Morgan fingerprint density at radius 1 is 0.773 bits per heavy atom. The molecule has 6 nitrogen and oxygen atoms in total. The molecule has 0 atom stereocenters. The first-order chi connectivity index (χ1) is 10.5. The van der Waals surface area contributed by atoms with E-state index in [4.69, 9.17) is 14.2 Å². The summed E-state index contributed by atoms with van der Waals surface area (Å²) in [4.78, 5) is 36.2. The van der Waals surface area contributed by atoms with Gasteiger partial charge in [0.1, 0.15) is 0 Å². The van der Waals surface area contributed by atoms with Gasteiger partial charge in [0.25, 0.3) is 0 Å². The van der Waals surface area contributed by atoms with Crippen LogP contribution in [0.4, 0.5) is 0 Å². The summed E-state index contributed by atoms with van der Waals surface area (Å²) in [6.07, 6.45) is 0. The van der Waals surface area contributed by atoms with E-state index in [9.17, 15) is 14.4 Å². The van der Waals surface area contributed by atoms with Gasteiger partial charge in [0.15, 0.2) is 0 Å². The maximum atomic E-state index is 12.1. The Morgan fingerprint density at radius 3 is 1.91 bits per heavy atom. The number of fused-ring (bicyclic) bond motifs is 1. The molecule has 0 fully saturated rings. The second kappa shape index (κ2) is 6.26. The maximum absolute atomic E-state index is 12.1. The zero-order chi connectivity index (χ0) is 16.3. The molecule has 0 saturated carbocycles. The van der Waals surface area contributed by atoms with Crippen molar-refractivity contribution in [3.63, 3.8) is 0 Å². The van der Waals surface area contributed by atoms with E-state index in [1.807, 2.05) is 0 Å². The molecule has 2 rings (SSSR count). The van der Waals surface area contributed by atoms with E-state index < -0.39 is 17.9 Å². The molecule has 0 aliphatic rings. The van der Waals surface area contributed by atoms with Crippen LogP contribution in [0, 0.1) is 0 Å². The SMILES string of the molecule is COC(=O)c1cc2ccccc2c(C(=O)OC)c1C(=O)OC. The van der Waals surface area contributed by atoms with E-state index in [1.165, 1.54) is 27.4 Å². The van der Waals surface area contributed by atoms with Crippen LogP contribution in [0.3, 0.4) is 0 Å². The van der Waals surface area contributed by atoms with Crippen LogP contribution < -0.4 is 0 Å². The number of carbonyl (C=O) groups excluding carboxylic acids is 3. The van der Waals surface area contributed by atoms with Crippen molar-refractivity contribution in [3.8, 4) is 0 Å². The molecular weight excluding hydrogens is 288 g/mol. The monoisotopic (exact) mass is 302 g/mol. The molecule has 0 bridgehead atoms. The summed E-state index contributed by atoms with van der Waals surface area (Å²) in [7, 11) is 3.55. The standard InChI is InChI=1S/C16H14O6/c1-20-14(17)11-8-9-6-4-5-7-10(9)12(15(18)21-2)13(11)16(19)22-3/h4-8H,1-3H3. The van der Waals surface area contributed by atoms with Crippen molar-refractivity contribution in [1.82, 2.24) is 0 Å². The molecule has 2 aromatic rings. The van der Waals surface area contributed by atoms with Crippen molar-refractivity contribution in [2.24, 2.45) is 0 Å². The van der Waals surface area contributed by atoms with Crippen LogP contribution in [-0.4, -0.2) is 39.2 Å². The molecule has 0 unspecified atom stereocenters. The average molecular weight is 302 g/mol. The first kappa shape index (κ1) is 15.5. The summed E-state index contributed by atoms with van der Waals surface area (Å²) in [5, 5.41) is 1.10.